The summed E-state index contributed by atoms with van der Waals surface area (Å²) in [5.41, 5.74) is 1.01. The average molecular weight is 607 g/mol. The van der Waals surface area contributed by atoms with E-state index < -0.39 is 28.5 Å². The summed E-state index contributed by atoms with van der Waals surface area (Å²) in [4.78, 5) is 28.3. The fourth-order valence-corrected chi connectivity index (χ4v) is 5.80. The van der Waals surface area contributed by atoms with Crippen molar-refractivity contribution in [2.24, 2.45) is 0 Å². The summed E-state index contributed by atoms with van der Waals surface area (Å²) in [5.74, 6) is -0.298. The normalized spacial score (nSPS) is 11.9. The molecule has 0 aliphatic rings. The molecule has 0 aromatic heterocycles. The number of rotatable bonds is 13. The number of halogens is 2. The van der Waals surface area contributed by atoms with E-state index in [4.69, 9.17) is 27.9 Å². The van der Waals surface area contributed by atoms with Crippen LogP contribution in [0.4, 0.5) is 5.69 Å². The van der Waals surface area contributed by atoms with E-state index in [1.165, 1.54) is 29.2 Å². The number of sulfonamides is 1. The number of benzene rings is 3. The number of likely N-dealkylation sites (N-methyl/N-ethyl adjacent to an activating group) is 1. The number of carbonyl (C=O) groups excluding carboxylic acids is 2. The molecule has 11 heteroatoms. The predicted octanol–water partition coefficient (Wildman–Crippen LogP) is 5.53. The van der Waals surface area contributed by atoms with Crippen molar-refractivity contribution in [1.82, 2.24) is 10.2 Å². The molecular weight excluding hydrogens is 573 g/mol. The number of carbonyl (C=O) groups is 2. The van der Waals surface area contributed by atoms with Crippen LogP contribution >= 0.6 is 23.2 Å². The molecule has 3 rings (SSSR count). The minimum absolute atomic E-state index is 0.0291. The van der Waals surface area contributed by atoms with Crippen LogP contribution in [-0.2, 0) is 26.2 Å². The molecule has 40 heavy (non-hydrogen) atoms. The van der Waals surface area contributed by atoms with Crippen LogP contribution in [0, 0.1) is 0 Å². The Morgan fingerprint density at radius 1 is 0.875 bits per heavy atom. The van der Waals surface area contributed by atoms with Crippen LogP contribution in [0.1, 0.15) is 32.8 Å². The van der Waals surface area contributed by atoms with Gasteiger partial charge in [0.2, 0.25) is 11.8 Å². The monoisotopic (exact) mass is 605 g/mol. The number of anilines is 1. The number of amides is 2. The first-order chi connectivity index (χ1) is 19.1. The Kier molecular flexibility index (Phi) is 11.2. The molecule has 214 valence electrons. The molecule has 1 N–H and O–H groups in total. The highest BCUT2D eigenvalue weighted by Gasteiger charge is 2.33. The van der Waals surface area contributed by atoms with Gasteiger partial charge in [0.25, 0.3) is 10.0 Å². The van der Waals surface area contributed by atoms with Gasteiger partial charge in [0.1, 0.15) is 18.3 Å². The van der Waals surface area contributed by atoms with Crippen molar-refractivity contribution in [2.45, 2.75) is 44.7 Å². The molecular formula is C29H33Cl2N3O5S. The highest BCUT2D eigenvalue weighted by molar-refractivity contribution is 7.92. The standard InChI is InChI=1S/C29H33Cl2N3O5S/c1-4-27(29(36)32-5-2)33(19-21-7-9-22(30)10-8-21)28(35)20-34(24-13-15-25(16-14-24)39-6-3)40(37,38)26-17-11-23(31)12-18-26/h7-18,27H,4-6,19-20H2,1-3H3,(H,32,36)/t27-/m1/s1. The zero-order valence-corrected chi connectivity index (χ0v) is 25.0. The van der Waals surface area contributed by atoms with Gasteiger partial charge in [-0.3, -0.25) is 13.9 Å². The molecule has 0 saturated heterocycles. The van der Waals surface area contributed by atoms with E-state index in [1.54, 1.807) is 62.4 Å². The summed E-state index contributed by atoms with van der Waals surface area (Å²) in [7, 11) is -4.20. The average Bonchev–Trinajstić information content (AvgIpc) is 2.93. The quantitative estimate of drug-likeness (QED) is 0.276. The van der Waals surface area contributed by atoms with Crippen LogP contribution in [0.25, 0.3) is 0 Å². The Balaban J connectivity index is 2.05. The first-order valence-electron chi connectivity index (χ1n) is 12.9. The third kappa shape index (κ3) is 7.90. The van der Waals surface area contributed by atoms with Gasteiger partial charge < -0.3 is 15.0 Å². The molecule has 0 fully saturated rings. The van der Waals surface area contributed by atoms with Crippen LogP contribution in [0.5, 0.6) is 5.75 Å². The number of hydrogen-bond acceptors (Lipinski definition) is 5. The Labute approximate surface area is 245 Å². The van der Waals surface area contributed by atoms with Crippen molar-refractivity contribution in [1.29, 1.82) is 0 Å². The molecule has 0 unspecified atom stereocenters. The Hall–Kier alpha value is -3.27. The topological polar surface area (TPSA) is 96.0 Å². The van der Waals surface area contributed by atoms with Crippen molar-refractivity contribution in [3.63, 3.8) is 0 Å². The first-order valence-corrected chi connectivity index (χ1v) is 15.1. The molecule has 3 aromatic carbocycles. The molecule has 0 bridgehead atoms. The van der Waals surface area contributed by atoms with Crippen molar-refractivity contribution >= 4 is 50.7 Å². The lowest BCUT2D eigenvalue weighted by molar-refractivity contribution is -0.140. The minimum atomic E-state index is -4.20. The van der Waals surface area contributed by atoms with E-state index in [0.717, 1.165) is 9.87 Å². The van der Waals surface area contributed by atoms with Gasteiger partial charge in [-0.05, 0) is 86.5 Å². The molecule has 0 radical (unpaired) electrons. The second-order valence-corrected chi connectivity index (χ2v) is 11.6. The summed E-state index contributed by atoms with van der Waals surface area (Å²) in [5, 5.41) is 3.69. The number of nitrogens with zero attached hydrogens (tertiary/aromatic N) is 2. The van der Waals surface area contributed by atoms with Gasteiger partial charge in [-0.25, -0.2) is 8.42 Å². The second kappa shape index (κ2) is 14.4. The summed E-state index contributed by atoms with van der Waals surface area (Å²) >= 11 is 12.0. The van der Waals surface area contributed by atoms with E-state index in [9.17, 15) is 18.0 Å². The van der Waals surface area contributed by atoms with Crippen molar-refractivity contribution in [2.75, 3.05) is 24.0 Å². The van der Waals surface area contributed by atoms with Crippen LogP contribution in [0.2, 0.25) is 10.0 Å². The zero-order valence-electron chi connectivity index (χ0n) is 22.6. The third-order valence-electron chi connectivity index (χ3n) is 6.12. The molecule has 8 nitrogen and oxygen atoms in total. The van der Waals surface area contributed by atoms with Crippen molar-refractivity contribution in [3.05, 3.63) is 88.4 Å². The maximum atomic E-state index is 14.0. The van der Waals surface area contributed by atoms with Gasteiger partial charge in [0.05, 0.1) is 17.2 Å². The second-order valence-electron chi connectivity index (χ2n) is 8.86. The lowest BCUT2D eigenvalue weighted by Crippen LogP contribution is -2.52. The Morgan fingerprint density at radius 3 is 1.98 bits per heavy atom. The summed E-state index contributed by atoms with van der Waals surface area (Å²) in [6.07, 6.45) is 0.331. The third-order valence-corrected chi connectivity index (χ3v) is 8.41. The number of ether oxygens (including phenoxy) is 1. The van der Waals surface area contributed by atoms with Crippen LogP contribution in [0.3, 0.4) is 0 Å². The van der Waals surface area contributed by atoms with Gasteiger partial charge >= 0.3 is 0 Å². The van der Waals surface area contributed by atoms with Crippen LogP contribution in [-0.4, -0.2) is 50.9 Å². The minimum Gasteiger partial charge on any atom is -0.494 e. The van der Waals surface area contributed by atoms with Crippen molar-refractivity contribution in [3.8, 4) is 5.75 Å². The summed E-state index contributed by atoms with van der Waals surface area (Å²) < 4.78 is 34.3. The van der Waals surface area contributed by atoms with Crippen LogP contribution < -0.4 is 14.4 Å². The van der Waals surface area contributed by atoms with E-state index in [0.29, 0.717) is 35.4 Å². The number of nitrogens with one attached hydrogen (secondary N) is 1. The first kappa shape index (κ1) is 31.3. The summed E-state index contributed by atoms with van der Waals surface area (Å²) in [6.45, 7) is 5.83. The summed E-state index contributed by atoms with van der Waals surface area (Å²) in [6, 6.07) is 18.3. The van der Waals surface area contributed by atoms with E-state index in [1.807, 2.05) is 6.92 Å². The van der Waals surface area contributed by atoms with Crippen molar-refractivity contribution < 1.29 is 22.7 Å². The lowest BCUT2D eigenvalue weighted by atomic mass is 10.1. The molecule has 0 aliphatic heterocycles. The molecule has 2 amide bonds. The molecule has 3 aromatic rings. The van der Waals surface area contributed by atoms with Crippen LogP contribution in [0.15, 0.2) is 77.7 Å². The molecule has 0 heterocycles. The Bertz CT molecular complexity index is 1380. The Morgan fingerprint density at radius 2 is 1.45 bits per heavy atom. The molecule has 1 atom stereocenters. The highest BCUT2D eigenvalue weighted by Crippen LogP contribution is 2.27. The van der Waals surface area contributed by atoms with Gasteiger partial charge in [0, 0.05) is 23.1 Å². The van der Waals surface area contributed by atoms with Gasteiger partial charge in [-0.15, -0.1) is 0 Å². The number of hydrogen-bond donors (Lipinski definition) is 1. The predicted molar refractivity (Wildman–Crippen MR) is 158 cm³/mol. The fourth-order valence-electron chi connectivity index (χ4n) is 4.14. The largest absolute Gasteiger partial charge is 0.494 e. The van der Waals surface area contributed by atoms with E-state index in [2.05, 4.69) is 5.32 Å². The molecule has 0 aliphatic carbocycles. The van der Waals surface area contributed by atoms with Gasteiger partial charge in [-0.2, -0.15) is 0 Å². The molecule has 0 saturated carbocycles. The fraction of sp³-hybridized carbons (Fsp3) is 0.310. The highest BCUT2D eigenvalue weighted by atomic mass is 35.5. The smallest absolute Gasteiger partial charge is 0.264 e. The molecule has 0 spiro atoms. The maximum absolute atomic E-state index is 14.0. The maximum Gasteiger partial charge on any atom is 0.264 e. The van der Waals surface area contributed by atoms with Gasteiger partial charge in [-0.1, -0.05) is 42.3 Å². The van der Waals surface area contributed by atoms with Gasteiger partial charge in [0.15, 0.2) is 0 Å². The van der Waals surface area contributed by atoms with E-state index in [-0.39, 0.29) is 23.0 Å². The van der Waals surface area contributed by atoms with E-state index >= 15 is 0 Å². The lowest BCUT2D eigenvalue weighted by Gasteiger charge is -2.33. The zero-order chi connectivity index (χ0) is 29.3. The SMILES string of the molecule is CCNC(=O)[C@@H](CC)N(Cc1ccc(Cl)cc1)C(=O)CN(c1ccc(OCC)cc1)S(=O)(=O)c1ccc(Cl)cc1.